The highest BCUT2D eigenvalue weighted by Gasteiger charge is 2.51. The zero-order valence-corrected chi connectivity index (χ0v) is 19.7. The lowest BCUT2D eigenvalue weighted by molar-refractivity contribution is -0.151. The Kier molecular flexibility index (Phi) is 6.71. The molecule has 7 nitrogen and oxygen atoms in total. The number of halogens is 2. The van der Waals surface area contributed by atoms with E-state index in [-0.39, 0.29) is 36.0 Å². The second-order valence-electron chi connectivity index (χ2n) is 9.23. The summed E-state index contributed by atoms with van der Waals surface area (Å²) in [5.41, 5.74) is 0.802. The molecule has 2 aliphatic heterocycles. The Labute approximate surface area is 198 Å². The third kappa shape index (κ3) is 4.75. The van der Waals surface area contributed by atoms with Gasteiger partial charge in [-0.3, -0.25) is 14.4 Å². The first kappa shape index (κ1) is 23.3. The van der Waals surface area contributed by atoms with E-state index in [9.17, 15) is 19.5 Å². The van der Waals surface area contributed by atoms with E-state index in [2.05, 4.69) is 0 Å². The van der Waals surface area contributed by atoms with E-state index in [0.29, 0.717) is 42.8 Å². The molecular formula is C23H29Cl2N3O4. The lowest BCUT2D eigenvalue weighted by atomic mass is 9.90. The predicted molar refractivity (Wildman–Crippen MR) is 121 cm³/mol. The van der Waals surface area contributed by atoms with Crippen LogP contribution in [-0.4, -0.2) is 82.4 Å². The van der Waals surface area contributed by atoms with Gasteiger partial charge in [-0.2, -0.15) is 0 Å². The van der Waals surface area contributed by atoms with Crippen LogP contribution >= 0.6 is 23.2 Å². The molecule has 1 aliphatic carbocycles. The molecule has 3 aliphatic rings. The molecule has 9 heteroatoms. The number of hydrogen-bond donors (Lipinski definition) is 1. The van der Waals surface area contributed by atoms with Gasteiger partial charge in [0.25, 0.3) is 0 Å². The number of amides is 3. The number of benzene rings is 1. The molecule has 1 spiro atoms. The van der Waals surface area contributed by atoms with Crippen LogP contribution in [0.15, 0.2) is 18.2 Å². The highest BCUT2D eigenvalue weighted by molar-refractivity contribution is 6.42. The summed E-state index contributed by atoms with van der Waals surface area (Å²) < 4.78 is 0. The summed E-state index contributed by atoms with van der Waals surface area (Å²) in [6.07, 6.45) is 2.90. The first-order valence-corrected chi connectivity index (χ1v) is 11.9. The number of rotatable bonds is 5. The van der Waals surface area contributed by atoms with Gasteiger partial charge in [-0.25, -0.2) is 0 Å². The second-order valence-corrected chi connectivity index (χ2v) is 10.0. The second kappa shape index (κ2) is 9.20. The number of carbonyl (C=O) groups is 3. The highest BCUT2D eigenvalue weighted by atomic mass is 35.5. The van der Waals surface area contributed by atoms with Gasteiger partial charge in [0.1, 0.15) is 6.04 Å². The maximum absolute atomic E-state index is 12.9. The van der Waals surface area contributed by atoms with E-state index < -0.39 is 12.1 Å². The minimum absolute atomic E-state index is 0.0295. The van der Waals surface area contributed by atoms with Crippen LogP contribution in [-0.2, 0) is 20.8 Å². The van der Waals surface area contributed by atoms with Gasteiger partial charge in [0.05, 0.1) is 22.6 Å². The van der Waals surface area contributed by atoms with Crippen molar-refractivity contribution in [1.29, 1.82) is 0 Å². The van der Waals surface area contributed by atoms with E-state index in [1.165, 1.54) is 0 Å². The number of aliphatic hydroxyl groups is 1. The van der Waals surface area contributed by atoms with Crippen molar-refractivity contribution in [3.63, 3.8) is 0 Å². The first-order chi connectivity index (χ1) is 15.2. The molecule has 0 radical (unpaired) electrons. The van der Waals surface area contributed by atoms with E-state index in [1.54, 1.807) is 39.8 Å². The fraction of sp³-hybridized carbons (Fsp3) is 0.609. The standard InChI is InChI=1S/C23H29Cl2N3O4/c1-15-22(32)26(8-4-20(30)27-9-7-23(5-6-23)19(29)14-27)10-11-28(15)21(31)13-16-2-3-17(24)18(25)12-16/h2-3,12,15,19,29H,4-11,13-14H2,1H3/t15-,19+/m0/s1. The molecule has 1 N–H and O–H groups in total. The van der Waals surface area contributed by atoms with Gasteiger partial charge in [-0.05, 0) is 49.3 Å². The quantitative estimate of drug-likeness (QED) is 0.699. The van der Waals surface area contributed by atoms with Gasteiger partial charge in [-0.15, -0.1) is 0 Å². The number of β-amino-alcohol motifs (C(OH)–C–C–N with tert-alkyl or cyclic N) is 1. The summed E-state index contributed by atoms with van der Waals surface area (Å²) in [5, 5.41) is 11.1. The van der Waals surface area contributed by atoms with Crippen molar-refractivity contribution in [2.75, 3.05) is 32.7 Å². The molecular weight excluding hydrogens is 453 g/mol. The molecule has 0 bridgehead atoms. The number of piperidine rings is 1. The Bertz CT molecular complexity index is 921. The van der Waals surface area contributed by atoms with E-state index >= 15 is 0 Å². The monoisotopic (exact) mass is 481 g/mol. The van der Waals surface area contributed by atoms with Crippen molar-refractivity contribution in [3.8, 4) is 0 Å². The molecule has 2 saturated heterocycles. The fourth-order valence-electron chi connectivity index (χ4n) is 4.80. The molecule has 1 saturated carbocycles. The maximum atomic E-state index is 12.9. The summed E-state index contributed by atoms with van der Waals surface area (Å²) in [6.45, 7) is 3.94. The van der Waals surface area contributed by atoms with Gasteiger partial charge in [0.2, 0.25) is 17.7 Å². The van der Waals surface area contributed by atoms with Crippen LogP contribution in [0, 0.1) is 5.41 Å². The molecule has 174 valence electrons. The van der Waals surface area contributed by atoms with Crippen LogP contribution in [0.4, 0.5) is 0 Å². The average Bonchev–Trinajstić information content (AvgIpc) is 3.54. The number of aliphatic hydroxyl groups excluding tert-OH is 1. The topological polar surface area (TPSA) is 81.2 Å². The van der Waals surface area contributed by atoms with Crippen molar-refractivity contribution in [1.82, 2.24) is 14.7 Å². The minimum Gasteiger partial charge on any atom is -0.391 e. The van der Waals surface area contributed by atoms with Gasteiger partial charge in [-0.1, -0.05) is 29.3 Å². The average molecular weight is 482 g/mol. The maximum Gasteiger partial charge on any atom is 0.245 e. The Morgan fingerprint density at radius 2 is 1.84 bits per heavy atom. The van der Waals surface area contributed by atoms with Crippen LogP contribution < -0.4 is 0 Å². The Morgan fingerprint density at radius 3 is 2.50 bits per heavy atom. The largest absolute Gasteiger partial charge is 0.391 e. The number of likely N-dealkylation sites (tertiary alicyclic amines) is 1. The summed E-state index contributed by atoms with van der Waals surface area (Å²) in [4.78, 5) is 43.2. The highest BCUT2D eigenvalue weighted by Crippen LogP contribution is 2.53. The number of piperazine rings is 1. The predicted octanol–water partition coefficient (Wildman–Crippen LogP) is 2.36. The Morgan fingerprint density at radius 1 is 1.09 bits per heavy atom. The van der Waals surface area contributed by atoms with Crippen LogP contribution in [0.25, 0.3) is 0 Å². The van der Waals surface area contributed by atoms with E-state index in [4.69, 9.17) is 23.2 Å². The smallest absolute Gasteiger partial charge is 0.245 e. The molecule has 32 heavy (non-hydrogen) atoms. The Hall–Kier alpha value is -1.83. The summed E-state index contributed by atoms with van der Waals surface area (Å²) >= 11 is 12.0. The zero-order valence-electron chi connectivity index (χ0n) is 18.2. The van der Waals surface area contributed by atoms with Crippen LogP contribution in [0.5, 0.6) is 0 Å². The van der Waals surface area contributed by atoms with E-state index in [0.717, 1.165) is 24.8 Å². The summed E-state index contributed by atoms with van der Waals surface area (Å²) in [6, 6.07) is 4.49. The number of carbonyl (C=O) groups excluding carboxylic acids is 3. The van der Waals surface area contributed by atoms with Gasteiger partial charge in [0, 0.05) is 39.1 Å². The van der Waals surface area contributed by atoms with Crippen molar-refractivity contribution in [3.05, 3.63) is 33.8 Å². The lowest BCUT2D eigenvalue weighted by Gasteiger charge is -2.40. The third-order valence-electron chi connectivity index (χ3n) is 7.23. The number of hydrogen-bond acceptors (Lipinski definition) is 4. The fourth-order valence-corrected chi connectivity index (χ4v) is 5.12. The van der Waals surface area contributed by atoms with Gasteiger partial charge in [0.15, 0.2) is 0 Å². The van der Waals surface area contributed by atoms with Crippen molar-refractivity contribution in [2.24, 2.45) is 5.41 Å². The summed E-state index contributed by atoms with van der Waals surface area (Å²) in [7, 11) is 0. The molecule has 2 heterocycles. The Balaban J connectivity index is 1.27. The van der Waals surface area contributed by atoms with Crippen molar-refractivity contribution < 1.29 is 19.5 Å². The van der Waals surface area contributed by atoms with Gasteiger partial charge >= 0.3 is 0 Å². The molecule has 4 rings (SSSR count). The van der Waals surface area contributed by atoms with Crippen LogP contribution in [0.2, 0.25) is 10.0 Å². The third-order valence-corrected chi connectivity index (χ3v) is 7.97. The SMILES string of the molecule is C[C@H]1C(=O)N(CCC(=O)N2CCC3(CC3)[C@H](O)C2)CCN1C(=O)Cc1ccc(Cl)c(Cl)c1. The molecule has 0 aromatic heterocycles. The molecule has 1 aromatic rings. The molecule has 3 amide bonds. The first-order valence-electron chi connectivity index (χ1n) is 11.2. The van der Waals surface area contributed by atoms with Gasteiger partial charge < -0.3 is 19.8 Å². The molecule has 3 fully saturated rings. The summed E-state index contributed by atoms with van der Waals surface area (Å²) in [5.74, 6) is -0.323. The minimum atomic E-state index is -0.583. The lowest BCUT2D eigenvalue weighted by Crippen LogP contribution is -2.58. The van der Waals surface area contributed by atoms with Crippen LogP contribution in [0.1, 0.15) is 38.2 Å². The zero-order chi connectivity index (χ0) is 23.0. The van der Waals surface area contributed by atoms with Crippen molar-refractivity contribution in [2.45, 2.75) is 51.2 Å². The van der Waals surface area contributed by atoms with Crippen LogP contribution in [0.3, 0.4) is 0 Å². The van der Waals surface area contributed by atoms with Crippen molar-refractivity contribution >= 4 is 40.9 Å². The number of nitrogens with zero attached hydrogens (tertiary/aromatic N) is 3. The molecule has 2 atom stereocenters. The van der Waals surface area contributed by atoms with E-state index in [1.807, 2.05) is 0 Å². The molecule has 1 aromatic carbocycles. The normalized spacial score (nSPS) is 24.8. The molecule has 0 unspecified atom stereocenters.